The lowest BCUT2D eigenvalue weighted by atomic mass is 11.2. The van der Waals surface area contributed by atoms with E-state index in [1.807, 2.05) is 0 Å². The summed E-state index contributed by atoms with van der Waals surface area (Å²) in [5.41, 5.74) is 0. The maximum absolute atomic E-state index is 4.82. The van der Waals surface area contributed by atoms with E-state index in [9.17, 15) is 0 Å². The molecule has 56 valence electrons. The summed E-state index contributed by atoms with van der Waals surface area (Å²) >= 11 is 1.46. The van der Waals surface area contributed by atoms with Gasteiger partial charge in [0.15, 0.2) is 0 Å². The Labute approximate surface area is 62.7 Å². The summed E-state index contributed by atoms with van der Waals surface area (Å²) in [6, 6.07) is 0. The largest absolute Gasteiger partial charge is 0.374 e. The summed E-state index contributed by atoms with van der Waals surface area (Å²) in [5, 5.41) is 11.6. The van der Waals surface area contributed by atoms with Gasteiger partial charge in [0.25, 0.3) is 0 Å². The summed E-state index contributed by atoms with van der Waals surface area (Å²) in [7, 11) is 3.43. The fraction of sp³-hybridized carbons (Fsp3) is 0.750. The molecule has 0 atom stereocenters. The van der Waals surface area contributed by atoms with Gasteiger partial charge in [-0.05, 0) is 10.4 Å². The molecule has 0 fully saturated rings. The van der Waals surface area contributed by atoms with E-state index in [-0.39, 0.29) is 0 Å². The van der Waals surface area contributed by atoms with Crippen molar-refractivity contribution in [1.29, 1.82) is 0 Å². The number of thioether (sulfide) groups is 1. The molecule has 10 heavy (non-hydrogen) atoms. The second-order valence-electron chi connectivity index (χ2n) is 1.64. The first kappa shape index (κ1) is 7.49. The highest BCUT2D eigenvalue weighted by Gasteiger charge is 1.99. The van der Waals surface area contributed by atoms with Gasteiger partial charge in [0, 0.05) is 14.2 Å². The van der Waals surface area contributed by atoms with Crippen molar-refractivity contribution in [3.63, 3.8) is 0 Å². The van der Waals surface area contributed by atoms with Crippen LogP contribution in [0.5, 0.6) is 0 Å². The molecular weight excluding hydrogens is 152 g/mol. The molecule has 6 heteroatoms. The van der Waals surface area contributed by atoms with Crippen LogP contribution in [0, 0.1) is 0 Å². The Bertz CT molecular complexity index is 201. The first-order valence-corrected chi connectivity index (χ1v) is 3.67. The quantitative estimate of drug-likeness (QED) is 0.456. The smallest absolute Gasteiger partial charge is 0.211 e. The number of tetrazole rings is 1. The molecule has 0 saturated carbocycles. The van der Waals surface area contributed by atoms with E-state index < -0.39 is 0 Å². The third kappa shape index (κ3) is 1.68. The summed E-state index contributed by atoms with van der Waals surface area (Å²) in [6.45, 7) is 0. The van der Waals surface area contributed by atoms with Gasteiger partial charge in [0.05, 0.1) is 5.94 Å². The van der Waals surface area contributed by atoms with Gasteiger partial charge in [-0.2, -0.15) is 0 Å². The van der Waals surface area contributed by atoms with Gasteiger partial charge in [-0.15, -0.1) is 5.10 Å². The van der Waals surface area contributed by atoms with Crippen LogP contribution in [0.15, 0.2) is 5.16 Å². The molecule has 1 aromatic rings. The van der Waals surface area contributed by atoms with E-state index >= 15 is 0 Å². The van der Waals surface area contributed by atoms with Crippen LogP contribution in [-0.2, 0) is 11.8 Å². The Morgan fingerprint density at radius 2 is 2.50 bits per heavy atom. The lowest BCUT2D eigenvalue weighted by molar-refractivity contribution is 0.258. The summed E-state index contributed by atoms with van der Waals surface area (Å²) in [4.78, 5) is 0. The predicted octanol–water partition coefficient (Wildman–Crippen LogP) is -0.0939. The van der Waals surface area contributed by atoms with Crippen LogP contribution in [0.2, 0.25) is 0 Å². The maximum atomic E-state index is 4.82. The molecule has 0 aliphatic rings. The number of aryl methyl sites for hydroxylation is 1. The van der Waals surface area contributed by atoms with Crippen molar-refractivity contribution >= 4 is 11.8 Å². The summed E-state index contributed by atoms with van der Waals surface area (Å²) < 4.78 is 6.43. The zero-order chi connectivity index (χ0) is 7.40. The Kier molecular flexibility index (Phi) is 2.64. The lowest BCUT2D eigenvalue weighted by Crippen LogP contribution is -1.94. The van der Waals surface area contributed by atoms with E-state index in [0.29, 0.717) is 5.94 Å². The van der Waals surface area contributed by atoms with Crippen molar-refractivity contribution in [2.75, 3.05) is 13.0 Å². The number of hydrogen-bond acceptors (Lipinski definition) is 5. The van der Waals surface area contributed by atoms with E-state index in [2.05, 4.69) is 15.5 Å². The number of rotatable bonds is 3. The number of methoxy groups -OCH3 is 1. The van der Waals surface area contributed by atoms with Crippen molar-refractivity contribution in [1.82, 2.24) is 20.2 Å². The number of aromatic nitrogens is 4. The van der Waals surface area contributed by atoms with E-state index in [1.165, 1.54) is 11.8 Å². The highest BCUT2D eigenvalue weighted by atomic mass is 32.2. The molecule has 0 aliphatic heterocycles. The van der Waals surface area contributed by atoms with E-state index in [1.54, 1.807) is 18.8 Å². The minimum absolute atomic E-state index is 0.578. The molecule has 0 unspecified atom stereocenters. The summed E-state index contributed by atoms with van der Waals surface area (Å²) in [6.07, 6.45) is 0. The van der Waals surface area contributed by atoms with Crippen LogP contribution in [0.25, 0.3) is 0 Å². The molecule has 0 aliphatic carbocycles. The fourth-order valence-corrected chi connectivity index (χ4v) is 0.996. The molecule has 1 rings (SSSR count). The molecule has 0 amide bonds. The van der Waals surface area contributed by atoms with Gasteiger partial charge in [0.2, 0.25) is 5.16 Å². The number of ether oxygens (including phenoxy) is 1. The SMILES string of the molecule is COCSc1nnnn1C. The molecule has 0 aromatic carbocycles. The third-order valence-corrected chi connectivity index (χ3v) is 1.84. The average molecular weight is 160 g/mol. The first-order valence-electron chi connectivity index (χ1n) is 2.68. The molecule has 0 saturated heterocycles. The Morgan fingerprint density at radius 1 is 1.70 bits per heavy atom. The Balaban J connectivity index is 2.49. The minimum atomic E-state index is 0.578. The van der Waals surface area contributed by atoms with Crippen molar-refractivity contribution in [2.24, 2.45) is 7.05 Å². The molecule has 0 spiro atoms. The Hall–Kier alpha value is -0.620. The number of hydrogen-bond donors (Lipinski definition) is 0. The molecule has 5 nitrogen and oxygen atoms in total. The van der Waals surface area contributed by atoms with Crippen LogP contribution >= 0.6 is 11.8 Å². The second-order valence-corrected chi connectivity index (χ2v) is 2.53. The number of nitrogens with zero attached hydrogens (tertiary/aromatic N) is 4. The standard InChI is InChI=1S/C4H8N4OS/c1-8-4(5-6-7-8)10-3-9-2/h3H2,1-2H3. The van der Waals surface area contributed by atoms with Crippen molar-refractivity contribution < 1.29 is 4.74 Å². The maximum Gasteiger partial charge on any atom is 0.211 e. The highest BCUT2D eigenvalue weighted by molar-refractivity contribution is 7.99. The third-order valence-electron chi connectivity index (χ3n) is 0.887. The van der Waals surface area contributed by atoms with Crippen molar-refractivity contribution in [3.8, 4) is 0 Å². The highest BCUT2D eigenvalue weighted by Crippen LogP contribution is 2.10. The lowest BCUT2D eigenvalue weighted by Gasteiger charge is -1.94. The molecule has 1 heterocycles. The zero-order valence-electron chi connectivity index (χ0n) is 5.81. The van der Waals surface area contributed by atoms with Gasteiger partial charge in [-0.1, -0.05) is 11.8 Å². The average Bonchev–Trinajstić information content (AvgIpc) is 2.31. The van der Waals surface area contributed by atoms with Gasteiger partial charge in [-0.25, -0.2) is 4.68 Å². The predicted molar refractivity (Wildman–Crippen MR) is 36.5 cm³/mol. The molecule has 0 radical (unpaired) electrons. The molecular formula is C4H8N4OS. The van der Waals surface area contributed by atoms with Gasteiger partial charge in [0.1, 0.15) is 0 Å². The van der Waals surface area contributed by atoms with Gasteiger partial charge >= 0.3 is 0 Å². The molecule has 1 aromatic heterocycles. The monoisotopic (exact) mass is 160 g/mol. The van der Waals surface area contributed by atoms with Gasteiger partial charge in [-0.3, -0.25) is 0 Å². The van der Waals surface area contributed by atoms with Crippen molar-refractivity contribution in [2.45, 2.75) is 5.16 Å². The van der Waals surface area contributed by atoms with Crippen LogP contribution < -0.4 is 0 Å². The van der Waals surface area contributed by atoms with Crippen molar-refractivity contribution in [3.05, 3.63) is 0 Å². The van der Waals surface area contributed by atoms with Crippen LogP contribution in [-0.4, -0.2) is 33.3 Å². The topological polar surface area (TPSA) is 52.8 Å². The van der Waals surface area contributed by atoms with Crippen LogP contribution in [0.1, 0.15) is 0 Å². The van der Waals surface area contributed by atoms with E-state index in [4.69, 9.17) is 4.74 Å². The normalized spacial score (nSPS) is 10.2. The van der Waals surface area contributed by atoms with Crippen LogP contribution in [0.3, 0.4) is 0 Å². The molecule has 0 bridgehead atoms. The Morgan fingerprint density at radius 3 is 3.00 bits per heavy atom. The van der Waals surface area contributed by atoms with Gasteiger partial charge < -0.3 is 4.74 Å². The molecule has 0 N–H and O–H groups in total. The fourth-order valence-electron chi connectivity index (χ4n) is 0.455. The summed E-state index contributed by atoms with van der Waals surface area (Å²) in [5.74, 6) is 0.578. The second kappa shape index (κ2) is 3.52. The van der Waals surface area contributed by atoms with E-state index in [0.717, 1.165) is 5.16 Å². The van der Waals surface area contributed by atoms with Crippen LogP contribution in [0.4, 0.5) is 0 Å². The first-order chi connectivity index (χ1) is 4.84. The minimum Gasteiger partial charge on any atom is -0.374 e. The zero-order valence-corrected chi connectivity index (χ0v) is 6.63.